The molecule has 2 aromatic carbocycles. The van der Waals surface area contributed by atoms with Crippen LogP contribution in [0.4, 0.5) is 11.4 Å². The number of aromatic hydroxyl groups is 1. The monoisotopic (exact) mass is 365 g/mol. The summed E-state index contributed by atoms with van der Waals surface area (Å²) >= 11 is 3.21. The highest BCUT2D eigenvalue weighted by Crippen LogP contribution is 2.34. The second kappa shape index (κ2) is 6.90. The molecule has 0 aliphatic carbocycles. The van der Waals surface area contributed by atoms with Crippen molar-refractivity contribution < 1.29 is 14.8 Å². The molecule has 114 valence electrons. The Bertz CT molecular complexity index is 734. The van der Waals surface area contributed by atoms with Crippen LogP contribution in [0.1, 0.15) is 5.56 Å². The Kier molecular flexibility index (Phi) is 4.95. The molecule has 0 radical (unpaired) electrons. The van der Waals surface area contributed by atoms with Crippen LogP contribution in [0.2, 0.25) is 0 Å². The van der Waals surface area contributed by atoms with Crippen LogP contribution in [-0.4, -0.2) is 23.4 Å². The largest absolute Gasteiger partial charge is 0.503 e. The average Bonchev–Trinajstić information content (AvgIpc) is 2.51. The highest BCUT2D eigenvalue weighted by molar-refractivity contribution is 9.10. The molecule has 0 fully saturated rings. The van der Waals surface area contributed by atoms with Crippen molar-refractivity contribution >= 4 is 33.5 Å². The number of hydrogen-bond acceptors (Lipinski definition) is 6. The van der Waals surface area contributed by atoms with Crippen molar-refractivity contribution in [3.8, 4) is 11.5 Å². The molecule has 0 aliphatic rings. The van der Waals surface area contributed by atoms with Crippen molar-refractivity contribution in [1.82, 2.24) is 0 Å². The Morgan fingerprint density at radius 2 is 2.18 bits per heavy atom. The van der Waals surface area contributed by atoms with E-state index in [4.69, 9.17) is 4.74 Å². The minimum atomic E-state index is -0.475. The third kappa shape index (κ3) is 3.73. The van der Waals surface area contributed by atoms with Gasteiger partial charge in [-0.25, -0.2) is 0 Å². The van der Waals surface area contributed by atoms with E-state index in [9.17, 15) is 15.2 Å². The zero-order valence-electron chi connectivity index (χ0n) is 11.5. The van der Waals surface area contributed by atoms with Crippen LogP contribution in [0.15, 0.2) is 46.0 Å². The van der Waals surface area contributed by atoms with Crippen molar-refractivity contribution in [2.24, 2.45) is 5.10 Å². The fourth-order valence-corrected chi connectivity index (χ4v) is 2.15. The van der Waals surface area contributed by atoms with Gasteiger partial charge in [-0.2, -0.15) is 5.10 Å². The van der Waals surface area contributed by atoms with E-state index in [-0.39, 0.29) is 11.4 Å². The molecule has 0 heterocycles. The van der Waals surface area contributed by atoms with Crippen molar-refractivity contribution in [3.05, 3.63) is 56.5 Å². The summed E-state index contributed by atoms with van der Waals surface area (Å²) in [6.45, 7) is 0. The first-order chi connectivity index (χ1) is 10.5. The Morgan fingerprint density at radius 1 is 1.41 bits per heavy atom. The summed E-state index contributed by atoms with van der Waals surface area (Å²) in [5.74, 6) is 0.317. The molecular formula is C14H12BrN3O4. The topological polar surface area (TPSA) is 97.0 Å². The fraction of sp³-hybridized carbons (Fsp3) is 0.0714. The Balaban J connectivity index is 2.14. The van der Waals surface area contributed by atoms with Crippen LogP contribution < -0.4 is 10.2 Å². The van der Waals surface area contributed by atoms with Gasteiger partial charge in [0.15, 0.2) is 11.5 Å². The first kappa shape index (κ1) is 15.8. The van der Waals surface area contributed by atoms with E-state index in [2.05, 4.69) is 26.5 Å². The number of hydrogen-bond donors (Lipinski definition) is 2. The summed E-state index contributed by atoms with van der Waals surface area (Å²) in [7, 11) is 1.45. The second-order valence-electron chi connectivity index (χ2n) is 4.23. The van der Waals surface area contributed by atoms with Gasteiger partial charge < -0.3 is 9.84 Å². The van der Waals surface area contributed by atoms with Crippen LogP contribution in [0.5, 0.6) is 11.5 Å². The summed E-state index contributed by atoms with van der Waals surface area (Å²) in [5.41, 5.74) is 3.86. The average molecular weight is 366 g/mol. The molecule has 0 aromatic heterocycles. The van der Waals surface area contributed by atoms with Gasteiger partial charge in [-0.15, -0.1) is 0 Å². The lowest BCUT2D eigenvalue weighted by Gasteiger charge is -2.06. The van der Waals surface area contributed by atoms with Crippen molar-refractivity contribution in [2.75, 3.05) is 12.5 Å². The van der Waals surface area contributed by atoms with Gasteiger partial charge >= 0.3 is 0 Å². The number of halogens is 1. The number of anilines is 1. The van der Waals surface area contributed by atoms with E-state index in [0.717, 1.165) is 0 Å². The maximum atomic E-state index is 10.7. The predicted molar refractivity (Wildman–Crippen MR) is 86.7 cm³/mol. The number of nitrogens with one attached hydrogen (secondary N) is 1. The Hall–Kier alpha value is -2.61. The SMILES string of the molecule is COc1cc(C=NNc2cccc([N+](=O)[O-])c2)cc(Br)c1O. The summed E-state index contributed by atoms with van der Waals surface area (Å²) in [6, 6.07) is 9.28. The molecule has 2 aromatic rings. The summed E-state index contributed by atoms with van der Waals surface area (Å²) < 4.78 is 5.51. The Morgan fingerprint density at radius 3 is 2.86 bits per heavy atom. The highest BCUT2D eigenvalue weighted by atomic mass is 79.9. The molecule has 7 nitrogen and oxygen atoms in total. The number of nitro benzene ring substituents is 1. The summed E-state index contributed by atoms with van der Waals surface area (Å²) in [6.07, 6.45) is 1.51. The first-order valence-electron chi connectivity index (χ1n) is 6.11. The van der Waals surface area contributed by atoms with Crippen molar-refractivity contribution in [3.63, 3.8) is 0 Å². The van der Waals surface area contributed by atoms with E-state index >= 15 is 0 Å². The molecule has 0 saturated heterocycles. The smallest absolute Gasteiger partial charge is 0.271 e. The van der Waals surface area contributed by atoms with Crippen LogP contribution in [0, 0.1) is 10.1 Å². The Labute approximate surface area is 134 Å². The van der Waals surface area contributed by atoms with Gasteiger partial charge in [0.25, 0.3) is 5.69 Å². The molecule has 0 bridgehead atoms. The lowest BCUT2D eigenvalue weighted by Crippen LogP contribution is -1.94. The van der Waals surface area contributed by atoms with E-state index < -0.39 is 4.92 Å². The van der Waals surface area contributed by atoms with Gasteiger partial charge in [0.05, 0.1) is 28.4 Å². The maximum absolute atomic E-state index is 10.7. The quantitative estimate of drug-likeness (QED) is 0.480. The van der Waals surface area contributed by atoms with Crippen LogP contribution in [0.3, 0.4) is 0 Å². The predicted octanol–water partition coefficient (Wildman–Crippen LogP) is 3.52. The summed E-state index contributed by atoms with van der Waals surface area (Å²) in [4.78, 5) is 10.2. The highest BCUT2D eigenvalue weighted by Gasteiger charge is 2.07. The maximum Gasteiger partial charge on any atom is 0.271 e. The number of phenolic OH excluding ortho intramolecular Hbond substituents is 1. The molecule has 0 saturated carbocycles. The minimum Gasteiger partial charge on any atom is -0.503 e. The van der Waals surface area contributed by atoms with Gasteiger partial charge in [0.1, 0.15) is 0 Å². The van der Waals surface area contributed by atoms with Crippen molar-refractivity contribution in [1.29, 1.82) is 0 Å². The first-order valence-corrected chi connectivity index (χ1v) is 6.90. The third-order valence-corrected chi connectivity index (χ3v) is 3.34. The van der Waals surface area contributed by atoms with Gasteiger partial charge in [-0.3, -0.25) is 15.5 Å². The lowest BCUT2D eigenvalue weighted by molar-refractivity contribution is -0.384. The molecule has 0 unspecified atom stereocenters. The number of phenols is 1. The molecule has 8 heteroatoms. The normalized spacial score (nSPS) is 10.6. The van der Waals surface area contributed by atoms with E-state index in [1.807, 2.05) is 0 Å². The molecule has 2 N–H and O–H groups in total. The number of nitrogens with zero attached hydrogens (tertiary/aromatic N) is 2. The third-order valence-electron chi connectivity index (χ3n) is 2.73. The zero-order chi connectivity index (χ0) is 16.1. The van der Waals surface area contributed by atoms with Crippen LogP contribution >= 0.6 is 15.9 Å². The molecule has 0 atom stereocenters. The van der Waals surface area contributed by atoms with Crippen molar-refractivity contribution in [2.45, 2.75) is 0 Å². The molecule has 0 aliphatic heterocycles. The number of nitro groups is 1. The molecule has 0 spiro atoms. The van der Waals surface area contributed by atoms with Gasteiger partial charge in [0, 0.05) is 12.1 Å². The van der Waals surface area contributed by atoms with Crippen LogP contribution in [-0.2, 0) is 0 Å². The number of rotatable bonds is 5. The second-order valence-corrected chi connectivity index (χ2v) is 5.09. The van der Waals surface area contributed by atoms with Gasteiger partial charge in [-0.1, -0.05) is 6.07 Å². The van der Waals surface area contributed by atoms with Gasteiger partial charge in [-0.05, 0) is 39.7 Å². The minimum absolute atomic E-state index is 0.00583. The lowest BCUT2D eigenvalue weighted by atomic mass is 10.2. The molecule has 22 heavy (non-hydrogen) atoms. The van der Waals surface area contributed by atoms with E-state index in [1.165, 1.54) is 25.5 Å². The number of ether oxygens (including phenoxy) is 1. The van der Waals surface area contributed by atoms with Crippen LogP contribution in [0.25, 0.3) is 0 Å². The van der Waals surface area contributed by atoms with E-state index in [1.54, 1.807) is 24.3 Å². The fourth-order valence-electron chi connectivity index (χ4n) is 1.69. The number of benzene rings is 2. The summed E-state index contributed by atoms with van der Waals surface area (Å²) in [5, 5.41) is 24.4. The zero-order valence-corrected chi connectivity index (χ0v) is 13.1. The number of hydrazone groups is 1. The number of non-ortho nitro benzene ring substituents is 1. The molecule has 0 amide bonds. The van der Waals surface area contributed by atoms with Gasteiger partial charge in [0.2, 0.25) is 0 Å². The molecule has 2 rings (SSSR count). The number of methoxy groups -OCH3 is 1. The standard InChI is InChI=1S/C14H12BrN3O4/c1-22-13-6-9(5-12(15)14(13)19)8-16-17-10-3-2-4-11(7-10)18(20)21/h2-8,17,19H,1H3. The van der Waals surface area contributed by atoms with E-state index in [0.29, 0.717) is 21.5 Å². The molecular weight excluding hydrogens is 354 g/mol.